The zero-order chi connectivity index (χ0) is 15.1. The van der Waals surface area contributed by atoms with Crippen molar-refractivity contribution in [3.63, 3.8) is 0 Å². The van der Waals surface area contributed by atoms with E-state index in [1.165, 1.54) is 0 Å². The van der Waals surface area contributed by atoms with Crippen LogP contribution in [0.2, 0.25) is 0 Å². The number of nitrogens with one attached hydrogen (secondary N) is 2. The normalized spacial score (nSPS) is 10.4. The van der Waals surface area contributed by atoms with Gasteiger partial charge in [-0.15, -0.1) is 0 Å². The minimum absolute atomic E-state index is 0.0200. The molecule has 0 saturated carbocycles. The fraction of sp³-hybridized carbons (Fsp3) is 0.278. The second-order valence-corrected chi connectivity index (χ2v) is 5.46. The van der Waals surface area contributed by atoms with Crippen molar-refractivity contribution < 1.29 is 4.79 Å². The van der Waals surface area contributed by atoms with Crippen molar-refractivity contribution in [3.8, 4) is 11.1 Å². The predicted octanol–water partition coefficient (Wildman–Crippen LogP) is 3.54. The molecular formula is C18H22N2O. The molecule has 0 aliphatic rings. The van der Waals surface area contributed by atoms with Crippen molar-refractivity contribution in [2.24, 2.45) is 5.92 Å². The van der Waals surface area contributed by atoms with Crippen LogP contribution in [0.15, 0.2) is 54.6 Å². The zero-order valence-corrected chi connectivity index (χ0v) is 12.6. The van der Waals surface area contributed by atoms with Crippen LogP contribution >= 0.6 is 0 Å². The second kappa shape index (κ2) is 7.48. The van der Waals surface area contributed by atoms with E-state index in [1.807, 2.05) is 36.4 Å². The predicted molar refractivity (Wildman–Crippen MR) is 88.2 cm³/mol. The van der Waals surface area contributed by atoms with Crippen LogP contribution in [-0.4, -0.2) is 19.0 Å². The number of hydrogen-bond donors (Lipinski definition) is 2. The fourth-order valence-corrected chi connectivity index (χ4v) is 2.06. The lowest BCUT2D eigenvalue weighted by Gasteiger charge is -2.13. The summed E-state index contributed by atoms with van der Waals surface area (Å²) in [5.41, 5.74) is 3.22. The monoisotopic (exact) mass is 282 g/mol. The van der Waals surface area contributed by atoms with Crippen LogP contribution in [0.3, 0.4) is 0 Å². The molecule has 0 fully saturated rings. The highest BCUT2D eigenvalue weighted by atomic mass is 16.1. The smallest absolute Gasteiger partial charge is 0.239 e. The Kier molecular flexibility index (Phi) is 5.38. The van der Waals surface area contributed by atoms with Crippen molar-refractivity contribution in [1.82, 2.24) is 5.32 Å². The maximum absolute atomic E-state index is 11.8. The van der Waals surface area contributed by atoms with Gasteiger partial charge in [0.2, 0.25) is 5.91 Å². The average molecular weight is 282 g/mol. The van der Waals surface area contributed by atoms with Gasteiger partial charge in [-0.2, -0.15) is 0 Å². The van der Waals surface area contributed by atoms with Gasteiger partial charge in [0.05, 0.1) is 6.54 Å². The first kappa shape index (κ1) is 15.1. The Bertz CT molecular complexity index is 579. The van der Waals surface area contributed by atoms with Gasteiger partial charge in [0, 0.05) is 17.8 Å². The fourth-order valence-electron chi connectivity index (χ4n) is 2.06. The summed E-state index contributed by atoms with van der Waals surface area (Å²) in [6, 6.07) is 18.2. The molecule has 3 heteroatoms. The Hall–Kier alpha value is -2.29. The molecule has 0 radical (unpaired) electrons. The van der Waals surface area contributed by atoms with E-state index < -0.39 is 0 Å². The third-order valence-electron chi connectivity index (χ3n) is 3.16. The van der Waals surface area contributed by atoms with Crippen LogP contribution in [0.5, 0.6) is 0 Å². The van der Waals surface area contributed by atoms with Gasteiger partial charge in [-0.25, -0.2) is 0 Å². The minimum atomic E-state index is 0.0200. The summed E-state index contributed by atoms with van der Waals surface area (Å²) < 4.78 is 0. The third kappa shape index (κ3) is 4.63. The average Bonchev–Trinajstić information content (AvgIpc) is 2.52. The summed E-state index contributed by atoms with van der Waals surface area (Å²) in [6.07, 6.45) is 0. The molecular weight excluding hydrogens is 260 g/mol. The number of carbonyl (C=O) groups is 1. The van der Waals surface area contributed by atoms with E-state index in [1.54, 1.807) is 0 Å². The van der Waals surface area contributed by atoms with Crippen molar-refractivity contribution in [1.29, 1.82) is 0 Å². The maximum Gasteiger partial charge on any atom is 0.239 e. The first-order chi connectivity index (χ1) is 10.2. The summed E-state index contributed by atoms with van der Waals surface area (Å²) in [4.78, 5) is 11.8. The molecule has 0 unspecified atom stereocenters. The molecule has 21 heavy (non-hydrogen) atoms. The van der Waals surface area contributed by atoms with E-state index in [2.05, 4.69) is 42.7 Å². The molecule has 0 saturated heterocycles. The Morgan fingerprint density at radius 1 is 1.00 bits per heavy atom. The summed E-state index contributed by atoms with van der Waals surface area (Å²) in [7, 11) is 0. The van der Waals surface area contributed by atoms with Gasteiger partial charge in [-0.05, 0) is 17.5 Å². The molecule has 1 amide bonds. The molecule has 0 heterocycles. The molecule has 2 N–H and O–H groups in total. The molecule has 0 aromatic heterocycles. The van der Waals surface area contributed by atoms with Crippen LogP contribution in [0.4, 0.5) is 5.69 Å². The molecule has 2 aromatic carbocycles. The highest BCUT2D eigenvalue weighted by Crippen LogP contribution is 2.27. The maximum atomic E-state index is 11.8. The van der Waals surface area contributed by atoms with Gasteiger partial charge < -0.3 is 10.6 Å². The highest BCUT2D eigenvalue weighted by molar-refractivity contribution is 5.84. The number of benzene rings is 2. The molecule has 110 valence electrons. The van der Waals surface area contributed by atoms with E-state index in [4.69, 9.17) is 0 Å². The summed E-state index contributed by atoms with van der Waals surface area (Å²) in [5.74, 6) is 0.483. The van der Waals surface area contributed by atoms with Gasteiger partial charge in [0.15, 0.2) is 0 Å². The van der Waals surface area contributed by atoms with Crippen molar-refractivity contribution in [2.75, 3.05) is 18.4 Å². The number of para-hydroxylation sites is 1. The molecule has 2 aromatic rings. The SMILES string of the molecule is CC(C)CNC(=O)CNc1ccccc1-c1ccccc1. The molecule has 0 aliphatic carbocycles. The minimum Gasteiger partial charge on any atom is -0.376 e. The largest absolute Gasteiger partial charge is 0.376 e. The number of anilines is 1. The lowest BCUT2D eigenvalue weighted by Crippen LogP contribution is -2.32. The van der Waals surface area contributed by atoms with Crippen LogP contribution in [0.1, 0.15) is 13.8 Å². The van der Waals surface area contributed by atoms with Crippen molar-refractivity contribution >= 4 is 11.6 Å². The third-order valence-corrected chi connectivity index (χ3v) is 3.16. The van der Waals surface area contributed by atoms with E-state index in [0.29, 0.717) is 12.5 Å². The number of amides is 1. The molecule has 0 spiro atoms. The topological polar surface area (TPSA) is 41.1 Å². The van der Waals surface area contributed by atoms with E-state index >= 15 is 0 Å². The number of carbonyl (C=O) groups excluding carboxylic acids is 1. The van der Waals surface area contributed by atoms with Crippen molar-refractivity contribution in [3.05, 3.63) is 54.6 Å². The second-order valence-electron chi connectivity index (χ2n) is 5.46. The molecule has 3 nitrogen and oxygen atoms in total. The van der Waals surface area contributed by atoms with E-state index in [-0.39, 0.29) is 12.5 Å². The number of hydrogen-bond acceptors (Lipinski definition) is 2. The molecule has 0 bridgehead atoms. The Balaban J connectivity index is 2.03. The van der Waals surface area contributed by atoms with Gasteiger partial charge in [0.25, 0.3) is 0 Å². The Labute approximate surface area is 126 Å². The van der Waals surface area contributed by atoms with Gasteiger partial charge in [-0.1, -0.05) is 62.4 Å². The molecule has 0 aliphatic heterocycles. The summed E-state index contributed by atoms with van der Waals surface area (Å²) >= 11 is 0. The molecule has 0 atom stereocenters. The van der Waals surface area contributed by atoms with Gasteiger partial charge >= 0.3 is 0 Å². The Morgan fingerprint density at radius 2 is 1.67 bits per heavy atom. The highest BCUT2D eigenvalue weighted by Gasteiger charge is 2.06. The lowest BCUT2D eigenvalue weighted by atomic mass is 10.0. The van der Waals surface area contributed by atoms with Crippen LogP contribution < -0.4 is 10.6 Å². The first-order valence-corrected chi connectivity index (χ1v) is 7.32. The zero-order valence-electron chi connectivity index (χ0n) is 12.6. The van der Waals surface area contributed by atoms with Gasteiger partial charge in [0.1, 0.15) is 0 Å². The lowest BCUT2D eigenvalue weighted by molar-refractivity contribution is -0.119. The quantitative estimate of drug-likeness (QED) is 0.851. The van der Waals surface area contributed by atoms with Crippen LogP contribution in [0, 0.1) is 5.92 Å². The summed E-state index contributed by atoms with van der Waals surface area (Å²) in [6.45, 7) is 5.16. The summed E-state index contributed by atoms with van der Waals surface area (Å²) in [5, 5.41) is 6.13. The van der Waals surface area contributed by atoms with Crippen molar-refractivity contribution in [2.45, 2.75) is 13.8 Å². The standard InChI is InChI=1S/C18H22N2O/c1-14(2)12-20-18(21)13-19-17-11-7-6-10-16(17)15-8-4-3-5-9-15/h3-11,14,19H,12-13H2,1-2H3,(H,20,21). The van der Waals surface area contributed by atoms with Gasteiger partial charge in [-0.3, -0.25) is 4.79 Å². The van der Waals surface area contributed by atoms with Crippen LogP contribution in [-0.2, 0) is 4.79 Å². The van der Waals surface area contributed by atoms with Crippen LogP contribution in [0.25, 0.3) is 11.1 Å². The first-order valence-electron chi connectivity index (χ1n) is 7.32. The van der Waals surface area contributed by atoms with E-state index in [0.717, 1.165) is 16.8 Å². The van der Waals surface area contributed by atoms with E-state index in [9.17, 15) is 4.79 Å². The Morgan fingerprint density at radius 3 is 2.38 bits per heavy atom. The molecule has 2 rings (SSSR count). The number of rotatable bonds is 6.